The van der Waals surface area contributed by atoms with E-state index in [2.05, 4.69) is 35.9 Å². The Balaban J connectivity index is 1.56. The predicted octanol–water partition coefficient (Wildman–Crippen LogP) is 3.97. The van der Waals surface area contributed by atoms with Gasteiger partial charge in [-0.05, 0) is 25.0 Å². The summed E-state index contributed by atoms with van der Waals surface area (Å²) in [5.74, 6) is 0.305. The molecule has 0 amide bonds. The third kappa shape index (κ3) is 6.09. The fourth-order valence-electron chi connectivity index (χ4n) is 3.69. The summed E-state index contributed by atoms with van der Waals surface area (Å²) in [6, 6.07) is 4.72. The minimum absolute atomic E-state index is 0.138. The zero-order valence-corrected chi connectivity index (χ0v) is 19.0. The number of H-pyrrole nitrogens is 1. The first kappa shape index (κ1) is 22.8. The van der Waals surface area contributed by atoms with Gasteiger partial charge in [0.25, 0.3) is 0 Å². The minimum Gasteiger partial charge on any atom is -0.494 e. The van der Waals surface area contributed by atoms with Crippen molar-refractivity contribution < 1.29 is 14.2 Å². The third-order valence-corrected chi connectivity index (χ3v) is 6.21. The van der Waals surface area contributed by atoms with E-state index in [-0.39, 0.29) is 41.0 Å². The molecule has 0 atom stereocenters. The maximum Gasteiger partial charge on any atom is 0.307 e. The lowest BCUT2D eigenvalue weighted by Gasteiger charge is -2.17. The second kappa shape index (κ2) is 10.5. The first-order valence-electron chi connectivity index (χ1n) is 10.8. The summed E-state index contributed by atoms with van der Waals surface area (Å²) in [7, 11) is 1.40. The van der Waals surface area contributed by atoms with Crippen molar-refractivity contribution in [1.29, 1.82) is 0 Å². The quantitative estimate of drug-likeness (QED) is 0.307. The number of thiazole rings is 1. The number of nitrogens with one attached hydrogen (secondary N) is 4. The first-order chi connectivity index (χ1) is 16.0. The van der Waals surface area contributed by atoms with Crippen molar-refractivity contribution in [3.8, 4) is 11.6 Å². The van der Waals surface area contributed by atoms with Gasteiger partial charge < -0.3 is 25.8 Å². The number of aromatic amines is 1. The van der Waals surface area contributed by atoms with E-state index in [0.717, 1.165) is 37.0 Å². The summed E-state index contributed by atoms with van der Waals surface area (Å²) in [6.45, 7) is 0.152. The van der Waals surface area contributed by atoms with Crippen molar-refractivity contribution in [2.24, 2.45) is 0 Å². The van der Waals surface area contributed by atoms with E-state index in [1.54, 1.807) is 6.07 Å². The molecule has 0 aliphatic heterocycles. The Morgan fingerprint density at radius 1 is 1.15 bits per heavy atom. The first-order valence-corrected chi connectivity index (χ1v) is 11.6. The van der Waals surface area contributed by atoms with E-state index >= 15 is 0 Å². The van der Waals surface area contributed by atoms with Crippen molar-refractivity contribution in [3.05, 3.63) is 38.6 Å². The van der Waals surface area contributed by atoms with Crippen LogP contribution in [0.5, 0.6) is 11.6 Å². The maximum absolute atomic E-state index is 14.1. The van der Waals surface area contributed by atoms with E-state index < -0.39 is 5.82 Å². The highest BCUT2D eigenvalue weighted by atomic mass is 32.1. The summed E-state index contributed by atoms with van der Waals surface area (Å²) >= 11 is 0.901. The monoisotopic (exact) mass is 475 g/mol. The van der Waals surface area contributed by atoms with Crippen LogP contribution >= 0.6 is 11.3 Å². The highest BCUT2D eigenvalue weighted by molar-refractivity contribution is 7.09. The fourth-order valence-corrected chi connectivity index (χ4v) is 4.35. The van der Waals surface area contributed by atoms with Crippen LogP contribution in [0.1, 0.15) is 43.4 Å². The van der Waals surface area contributed by atoms with Crippen LogP contribution in [-0.4, -0.2) is 38.2 Å². The Labute approximate surface area is 193 Å². The van der Waals surface area contributed by atoms with Gasteiger partial charge >= 0.3 is 4.87 Å². The van der Waals surface area contributed by atoms with Gasteiger partial charge in [-0.3, -0.25) is 9.78 Å². The molecule has 176 valence electrons. The zero-order valence-electron chi connectivity index (χ0n) is 18.2. The molecule has 12 heteroatoms. The fraction of sp³-hybridized carbons (Fsp3) is 0.429. The summed E-state index contributed by atoms with van der Waals surface area (Å²) in [5, 5.41) is 19.2. The van der Waals surface area contributed by atoms with Crippen LogP contribution in [0.25, 0.3) is 0 Å². The molecule has 0 unspecified atom stereocenters. The van der Waals surface area contributed by atoms with Crippen molar-refractivity contribution >= 4 is 34.9 Å². The topological polar surface area (TPSA) is 137 Å². The normalized spacial score (nSPS) is 14.5. The average Bonchev–Trinajstić information content (AvgIpc) is 2.95. The number of methoxy groups -OCH3 is 1. The van der Waals surface area contributed by atoms with E-state index in [1.807, 2.05) is 0 Å². The third-order valence-electron chi connectivity index (χ3n) is 5.34. The van der Waals surface area contributed by atoms with Gasteiger partial charge in [0.1, 0.15) is 0 Å². The summed E-state index contributed by atoms with van der Waals surface area (Å²) in [5.41, 5.74) is 0.451. The lowest BCUT2D eigenvalue weighted by molar-refractivity contribution is 0.386. The number of ether oxygens (including phenoxy) is 1. The SMILES string of the molecule is COc1ccc(Nc2nc(NCc3sc(=O)[nH]c3O)nc(NC3CCCCCC3)n2)cc1F. The molecule has 33 heavy (non-hydrogen) atoms. The lowest BCUT2D eigenvalue weighted by atomic mass is 10.1. The molecule has 1 saturated carbocycles. The van der Waals surface area contributed by atoms with Gasteiger partial charge in [0.05, 0.1) is 18.5 Å². The molecule has 3 aromatic rings. The van der Waals surface area contributed by atoms with Crippen molar-refractivity contribution in [2.45, 2.75) is 51.1 Å². The van der Waals surface area contributed by atoms with Gasteiger partial charge in [-0.25, -0.2) is 4.39 Å². The Morgan fingerprint density at radius 3 is 2.55 bits per heavy atom. The van der Waals surface area contributed by atoms with Crippen LogP contribution in [0.15, 0.2) is 23.0 Å². The lowest BCUT2D eigenvalue weighted by Crippen LogP contribution is -2.21. The number of anilines is 4. The molecule has 0 spiro atoms. The molecule has 0 radical (unpaired) electrons. The van der Waals surface area contributed by atoms with Gasteiger partial charge in [-0.15, -0.1) is 0 Å². The molecule has 2 heterocycles. The predicted molar refractivity (Wildman–Crippen MR) is 125 cm³/mol. The van der Waals surface area contributed by atoms with E-state index in [0.29, 0.717) is 16.5 Å². The Hall–Kier alpha value is -3.41. The van der Waals surface area contributed by atoms with Gasteiger partial charge in [0.15, 0.2) is 11.6 Å². The highest BCUT2D eigenvalue weighted by Gasteiger charge is 2.16. The minimum atomic E-state index is -0.510. The molecule has 2 aromatic heterocycles. The smallest absolute Gasteiger partial charge is 0.307 e. The number of nitrogens with zero attached hydrogens (tertiary/aromatic N) is 3. The number of aromatic nitrogens is 4. The van der Waals surface area contributed by atoms with Crippen molar-refractivity contribution in [2.75, 3.05) is 23.1 Å². The summed E-state index contributed by atoms with van der Waals surface area (Å²) in [6.07, 6.45) is 6.81. The number of hydrogen-bond acceptors (Lipinski definition) is 10. The number of rotatable bonds is 8. The summed E-state index contributed by atoms with van der Waals surface area (Å²) in [4.78, 5) is 27.1. The van der Waals surface area contributed by atoms with Gasteiger partial charge in [0.2, 0.25) is 23.7 Å². The molecule has 1 aliphatic rings. The average molecular weight is 476 g/mol. The largest absolute Gasteiger partial charge is 0.494 e. The van der Waals surface area contributed by atoms with E-state index in [9.17, 15) is 14.3 Å². The molecular weight excluding hydrogens is 449 g/mol. The van der Waals surface area contributed by atoms with Crippen LogP contribution in [0, 0.1) is 5.82 Å². The molecule has 4 rings (SSSR count). The van der Waals surface area contributed by atoms with Gasteiger partial charge in [-0.2, -0.15) is 15.0 Å². The Kier molecular flexibility index (Phi) is 7.23. The Bertz CT molecular complexity index is 1150. The van der Waals surface area contributed by atoms with Crippen molar-refractivity contribution in [3.63, 3.8) is 0 Å². The van der Waals surface area contributed by atoms with Gasteiger partial charge in [0, 0.05) is 17.8 Å². The molecule has 5 N–H and O–H groups in total. The van der Waals surface area contributed by atoms with Crippen molar-refractivity contribution in [1.82, 2.24) is 19.9 Å². The highest BCUT2D eigenvalue weighted by Crippen LogP contribution is 2.25. The molecule has 0 saturated heterocycles. The maximum atomic E-state index is 14.1. The number of aromatic hydroxyl groups is 1. The molecule has 10 nitrogen and oxygen atoms in total. The van der Waals surface area contributed by atoms with E-state index in [1.165, 1.54) is 32.1 Å². The zero-order chi connectivity index (χ0) is 23.2. The van der Waals surface area contributed by atoms with Crippen LogP contribution in [0.3, 0.4) is 0 Å². The molecule has 1 aromatic carbocycles. The number of benzene rings is 1. The van der Waals surface area contributed by atoms with Crippen LogP contribution in [0.2, 0.25) is 0 Å². The molecule has 1 fully saturated rings. The van der Waals surface area contributed by atoms with Crippen LogP contribution in [0.4, 0.5) is 27.9 Å². The number of halogens is 1. The molecule has 1 aliphatic carbocycles. The van der Waals surface area contributed by atoms with E-state index in [4.69, 9.17) is 4.74 Å². The standard InChI is InChI=1S/C21H26FN7O3S/c1-32-15-9-8-13(10-14(15)22)25-20-28-18(23-11-16-17(30)26-21(31)33-16)27-19(29-20)24-12-6-4-2-3-5-7-12/h8-10,12,30H,2-7,11H2,1H3,(H,26,31)(H3,23,24,25,27,28,29). The number of hydrogen-bond donors (Lipinski definition) is 5. The second-order valence-corrected chi connectivity index (χ2v) is 8.82. The summed E-state index contributed by atoms with van der Waals surface area (Å²) < 4.78 is 19.1. The Morgan fingerprint density at radius 2 is 1.88 bits per heavy atom. The second-order valence-electron chi connectivity index (χ2n) is 7.75. The van der Waals surface area contributed by atoms with Gasteiger partial charge in [-0.1, -0.05) is 37.0 Å². The van der Waals surface area contributed by atoms with Crippen LogP contribution in [-0.2, 0) is 6.54 Å². The van der Waals surface area contributed by atoms with Crippen LogP contribution < -0.4 is 25.6 Å². The molecular formula is C21H26FN7O3S. The molecule has 0 bridgehead atoms.